The summed E-state index contributed by atoms with van der Waals surface area (Å²) in [4.78, 5) is 33.6. The van der Waals surface area contributed by atoms with Crippen LogP contribution < -0.4 is 0 Å². The van der Waals surface area contributed by atoms with Gasteiger partial charge in [-0.3, -0.25) is 9.59 Å². The Bertz CT molecular complexity index is 1410. The average Bonchev–Trinajstić information content (AvgIpc) is 3.58. The summed E-state index contributed by atoms with van der Waals surface area (Å²) in [6, 6.07) is 24.1. The van der Waals surface area contributed by atoms with Crippen LogP contribution in [0.4, 0.5) is 0 Å². The number of ketones is 1. The summed E-state index contributed by atoms with van der Waals surface area (Å²) >= 11 is 13.6. The fourth-order valence-electron chi connectivity index (χ4n) is 4.39. The van der Waals surface area contributed by atoms with Gasteiger partial charge < -0.3 is 4.90 Å². The first-order chi connectivity index (χ1) is 18.0. The molecular weight excluding hydrogens is 523 g/mol. The first-order valence-electron chi connectivity index (χ1n) is 12.1. The smallest absolute Gasteiger partial charge is 0.286 e. The number of rotatable bonds is 6. The van der Waals surface area contributed by atoms with Crippen molar-refractivity contribution in [2.75, 3.05) is 13.1 Å². The second kappa shape index (κ2) is 11.5. The molecule has 2 heterocycles. The number of nitrogens with zero attached hydrogens (tertiary/aromatic N) is 2. The topological polar surface area (TPSA) is 49.7 Å². The number of thioether (sulfide) groups is 1. The normalized spacial score (nSPS) is 17.2. The zero-order valence-corrected chi connectivity index (χ0v) is 22.3. The molecular formula is C30H24Cl2N2O2S. The molecule has 1 saturated heterocycles. The Hall–Kier alpha value is -3.12. The SMILES string of the molecule is O=C1N=C(N2CCCC2)S/C1=C(/C=C(\CC(=O)c1ccc(Cl)cc1)c1ccccc1)c1ccc(Cl)cc1. The van der Waals surface area contributed by atoms with Gasteiger partial charge in [0.15, 0.2) is 11.0 Å². The Morgan fingerprint density at radius 2 is 1.43 bits per heavy atom. The number of amides is 1. The van der Waals surface area contributed by atoms with Crippen LogP contribution in [0, 0.1) is 0 Å². The van der Waals surface area contributed by atoms with Crippen LogP contribution in [0.1, 0.15) is 40.7 Å². The molecule has 2 aliphatic heterocycles. The number of carbonyl (C=O) groups is 2. The highest BCUT2D eigenvalue weighted by Crippen LogP contribution is 2.38. The van der Waals surface area contributed by atoms with E-state index in [2.05, 4.69) is 9.89 Å². The summed E-state index contributed by atoms with van der Waals surface area (Å²) in [7, 11) is 0. The van der Waals surface area contributed by atoms with Gasteiger partial charge in [0, 0.05) is 40.7 Å². The lowest BCUT2D eigenvalue weighted by Crippen LogP contribution is -2.23. The van der Waals surface area contributed by atoms with E-state index < -0.39 is 0 Å². The van der Waals surface area contributed by atoms with E-state index in [1.807, 2.05) is 48.5 Å². The first-order valence-corrected chi connectivity index (χ1v) is 13.7. The molecule has 5 rings (SSSR count). The molecule has 1 fully saturated rings. The van der Waals surface area contributed by atoms with Crippen molar-refractivity contribution >= 4 is 63.0 Å². The zero-order chi connectivity index (χ0) is 25.8. The largest absolute Gasteiger partial charge is 0.351 e. The first kappa shape index (κ1) is 25.5. The van der Waals surface area contributed by atoms with E-state index in [4.69, 9.17) is 23.2 Å². The van der Waals surface area contributed by atoms with Crippen molar-refractivity contribution in [2.45, 2.75) is 19.3 Å². The van der Waals surface area contributed by atoms with Crippen molar-refractivity contribution in [1.82, 2.24) is 4.90 Å². The maximum atomic E-state index is 13.3. The Kier molecular flexibility index (Phi) is 7.94. The van der Waals surface area contributed by atoms with E-state index >= 15 is 0 Å². The van der Waals surface area contributed by atoms with Gasteiger partial charge in [-0.15, -0.1) is 0 Å². The summed E-state index contributed by atoms with van der Waals surface area (Å²) in [5, 5.41) is 1.93. The van der Waals surface area contributed by atoms with Gasteiger partial charge in [0.05, 0.1) is 4.91 Å². The quantitative estimate of drug-likeness (QED) is 0.234. The molecule has 0 bridgehead atoms. The number of hydrogen-bond acceptors (Lipinski definition) is 4. The van der Waals surface area contributed by atoms with Crippen molar-refractivity contribution in [2.24, 2.45) is 4.99 Å². The molecule has 0 radical (unpaired) electrons. The second-order valence-electron chi connectivity index (χ2n) is 8.89. The van der Waals surface area contributed by atoms with Gasteiger partial charge >= 0.3 is 0 Å². The van der Waals surface area contributed by atoms with Crippen molar-refractivity contribution in [3.8, 4) is 0 Å². The Labute approximate surface area is 230 Å². The molecule has 0 unspecified atom stereocenters. The van der Waals surface area contributed by atoms with Crippen LogP contribution in [0.25, 0.3) is 11.1 Å². The van der Waals surface area contributed by atoms with Crippen LogP contribution in [-0.2, 0) is 4.79 Å². The van der Waals surface area contributed by atoms with Gasteiger partial charge in [0.2, 0.25) is 0 Å². The van der Waals surface area contributed by atoms with Gasteiger partial charge in [-0.1, -0.05) is 65.7 Å². The van der Waals surface area contributed by atoms with Gasteiger partial charge in [-0.05, 0) is 83.8 Å². The number of likely N-dealkylation sites (tertiary alicyclic amines) is 1. The number of hydrogen-bond donors (Lipinski definition) is 0. The minimum Gasteiger partial charge on any atom is -0.351 e. The molecule has 0 saturated carbocycles. The molecule has 0 N–H and O–H groups in total. The van der Waals surface area contributed by atoms with E-state index in [1.54, 1.807) is 36.4 Å². The molecule has 4 nitrogen and oxygen atoms in total. The van der Waals surface area contributed by atoms with Crippen LogP contribution in [-0.4, -0.2) is 34.8 Å². The van der Waals surface area contributed by atoms with Crippen LogP contribution in [0.3, 0.4) is 0 Å². The fraction of sp³-hybridized carbons (Fsp3) is 0.167. The van der Waals surface area contributed by atoms with Crippen LogP contribution in [0.15, 0.2) is 94.8 Å². The van der Waals surface area contributed by atoms with Gasteiger partial charge in [-0.2, -0.15) is 4.99 Å². The third kappa shape index (κ3) is 6.07. The number of halogens is 2. The van der Waals surface area contributed by atoms with Crippen molar-refractivity contribution in [3.63, 3.8) is 0 Å². The van der Waals surface area contributed by atoms with Crippen molar-refractivity contribution in [1.29, 1.82) is 0 Å². The van der Waals surface area contributed by atoms with Crippen molar-refractivity contribution < 1.29 is 9.59 Å². The number of aliphatic imine (C=N–C) groups is 1. The Balaban J connectivity index is 1.59. The molecule has 0 spiro atoms. The molecule has 3 aromatic carbocycles. The Morgan fingerprint density at radius 1 is 0.838 bits per heavy atom. The molecule has 0 aliphatic carbocycles. The number of allylic oxidation sites excluding steroid dienone is 3. The number of Topliss-reactive ketones (excluding diaryl/α,β-unsaturated/α-hetero) is 1. The maximum Gasteiger partial charge on any atom is 0.286 e. The van der Waals surface area contributed by atoms with Crippen LogP contribution in [0.5, 0.6) is 0 Å². The number of carbonyl (C=O) groups excluding carboxylic acids is 2. The summed E-state index contributed by atoms with van der Waals surface area (Å²) in [5.74, 6) is -0.295. The van der Waals surface area contributed by atoms with E-state index in [1.165, 1.54) is 11.8 Å². The standard InChI is InChI=1S/C30H24Cl2N2O2S/c31-24-12-8-21(9-13-24)26(28-29(36)33-30(37-28)34-16-4-5-17-34)18-23(20-6-2-1-3-7-20)19-27(35)22-10-14-25(32)15-11-22/h1-3,6-15,18H,4-5,16-17,19H2/b23-18+,28-26-. The van der Waals surface area contributed by atoms with E-state index in [0.29, 0.717) is 20.5 Å². The lowest BCUT2D eigenvalue weighted by atomic mass is 9.93. The summed E-state index contributed by atoms with van der Waals surface area (Å²) in [6.45, 7) is 1.81. The fourth-order valence-corrected chi connectivity index (χ4v) is 5.69. The van der Waals surface area contributed by atoms with E-state index in [9.17, 15) is 9.59 Å². The summed E-state index contributed by atoms with van der Waals surface area (Å²) in [5.41, 5.74) is 3.87. The molecule has 0 atom stereocenters. The van der Waals surface area contributed by atoms with Crippen LogP contribution >= 0.6 is 35.0 Å². The molecule has 3 aromatic rings. The highest BCUT2D eigenvalue weighted by Gasteiger charge is 2.30. The number of benzene rings is 3. The third-order valence-electron chi connectivity index (χ3n) is 6.34. The third-order valence-corrected chi connectivity index (χ3v) is 7.98. The van der Waals surface area contributed by atoms with Gasteiger partial charge in [-0.25, -0.2) is 0 Å². The van der Waals surface area contributed by atoms with E-state index in [0.717, 1.165) is 53.4 Å². The monoisotopic (exact) mass is 546 g/mol. The predicted octanol–water partition coefficient (Wildman–Crippen LogP) is 7.79. The summed E-state index contributed by atoms with van der Waals surface area (Å²) < 4.78 is 0. The second-order valence-corrected chi connectivity index (χ2v) is 10.7. The molecule has 2 aliphatic rings. The molecule has 0 aromatic heterocycles. The summed E-state index contributed by atoms with van der Waals surface area (Å²) in [6.07, 6.45) is 4.31. The predicted molar refractivity (Wildman–Crippen MR) is 154 cm³/mol. The number of amidine groups is 1. The Morgan fingerprint density at radius 3 is 2.05 bits per heavy atom. The highest BCUT2D eigenvalue weighted by atomic mass is 35.5. The molecule has 37 heavy (non-hydrogen) atoms. The highest BCUT2D eigenvalue weighted by molar-refractivity contribution is 8.18. The molecule has 7 heteroatoms. The average molecular weight is 548 g/mol. The van der Waals surface area contributed by atoms with E-state index in [-0.39, 0.29) is 18.1 Å². The van der Waals surface area contributed by atoms with Crippen LogP contribution in [0.2, 0.25) is 10.0 Å². The lowest BCUT2D eigenvalue weighted by Gasteiger charge is -2.16. The maximum absolute atomic E-state index is 13.3. The zero-order valence-electron chi connectivity index (χ0n) is 20.0. The van der Waals surface area contributed by atoms with Gasteiger partial charge in [0.25, 0.3) is 5.91 Å². The molecule has 1 amide bonds. The minimum absolute atomic E-state index is 0.0355. The molecule has 186 valence electrons. The van der Waals surface area contributed by atoms with Crippen molar-refractivity contribution in [3.05, 3.63) is 117 Å². The lowest BCUT2D eigenvalue weighted by molar-refractivity contribution is -0.113. The van der Waals surface area contributed by atoms with Gasteiger partial charge in [0.1, 0.15) is 0 Å². The minimum atomic E-state index is -0.260.